The van der Waals surface area contributed by atoms with E-state index in [4.69, 9.17) is 5.73 Å². The van der Waals surface area contributed by atoms with Gasteiger partial charge in [-0.25, -0.2) is 0 Å². The molecule has 0 radical (unpaired) electrons. The smallest absolute Gasteiger partial charge is 0.152 e. The zero-order valence-corrected chi connectivity index (χ0v) is 16.4. The fourth-order valence-electron chi connectivity index (χ4n) is 6.22. The Hall–Kier alpha value is -1.65. The number of nitrogens with two attached hydrogens (primary N) is 1. The van der Waals surface area contributed by atoms with Crippen LogP contribution in [-0.4, -0.2) is 35.8 Å². The van der Waals surface area contributed by atoms with E-state index in [1.165, 1.54) is 41.5 Å². The van der Waals surface area contributed by atoms with Gasteiger partial charge >= 0.3 is 0 Å². The number of ketones is 1. The number of H-pyrrole nitrogens is 1. The third-order valence-electron chi connectivity index (χ3n) is 8.16. The van der Waals surface area contributed by atoms with Crippen molar-refractivity contribution in [3.63, 3.8) is 0 Å². The molecule has 6 rings (SSSR count). The van der Waals surface area contributed by atoms with Crippen LogP contribution in [0.2, 0.25) is 0 Å². The number of carbonyl (C=O) groups excluding carboxylic acids is 1. The molecule has 1 aromatic heterocycles. The second-order valence-corrected chi connectivity index (χ2v) is 9.35. The number of carbonyl (C=O) groups is 1. The summed E-state index contributed by atoms with van der Waals surface area (Å²) in [7, 11) is 2.23. The molecule has 3 saturated carbocycles. The third kappa shape index (κ3) is 2.60. The fourth-order valence-corrected chi connectivity index (χ4v) is 6.22. The van der Waals surface area contributed by atoms with Gasteiger partial charge in [0.1, 0.15) is 0 Å². The molecule has 4 nitrogen and oxygen atoms in total. The summed E-state index contributed by atoms with van der Waals surface area (Å²) in [6.45, 7) is 1.40. The Balaban J connectivity index is 1.44. The maximum atomic E-state index is 12.4. The standard InChI is InChI=1S/C23H31N3O/c1-26-12-2-3-20(26)19-13-16-4-5-17(14-18(16)25-19)22-6-9-23(10-7-22,11-8-22)21(27)15-24/h4-5,13-14,20,25H,2-3,6-12,15,24H2,1H3. The maximum absolute atomic E-state index is 12.4. The number of aromatic amines is 1. The van der Waals surface area contributed by atoms with Crippen LogP contribution in [0.25, 0.3) is 10.9 Å². The van der Waals surface area contributed by atoms with Crippen LogP contribution in [-0.2, 0) is 10.2 Å². The van der Waals surface area contributed by atoms with Crippen molar-refractivity contribution in [2.45, 2.75) is 62.8 Å². The molecule has 27 heavy (non-hydrogen) atoms. The lowest BCUT2D eigenvalue weighted by molar-refractivity contribution is -0.134. The number of nitrogens with zero attached hydrogens (tertiary/aromatic N) is 1. The number of Topliss-reactive ketones (excluding diaryl/α,β-unsaturated/α-hetero) is 1. The number of rotatable bonds is 4. The summed E-state index contributed by atoms with van der Waals surface area (Å²) in [5, 5.41) is 1.32. The van der Waals surface area contributed by atoms with E-state index in [2.05, 4.69) is 41.2 Å². The zero-order chi connectivity index (χ0) is 18.6. The van der Waals surface area contributed by atoms with Gasteiger partial charge in [-0.2, -0.15) is 0 Å². The highest BCUT2D eigenvalue weighted by atomic mass is 16.1. The molecule has 4 aliphatic rings. The van der Waals surface area contributed by atoms with Gasteiger partial charge in [0, 0.05) is 22.7 Å². The number of hydrogen-bond donors (Lipinski definition) is 2. The van der Waals surface area contributed by atoms with Gasteiger partial charge in [-0.05, 0) is 93.5 Å². The van der Waals surface area contributed by atoms with Gasteiger partial charge < -0.3 is 10.7 Å². The molecule has 1 unspecified atom stereocenters. The molecule has 1 aromatic carbocycles. The maximum Gasteiger partial charge on any atom is 0.152 e. The lowest BCUT2D eigenvalue weighted by Crippen LogP contribution is -2.49. The van der Waals surface area contributed by atoms with Crippen LogP contribution < -0.4 is 5.73 Å². The minimum Gasteiger partial charge on any atom is -0.357 e. The average molecular weight is 366 g/mol. The summed E-state index contributed by atoms with van der Waals surface area (Å²) < 4.78 is 0. The first-order valence-electron chi connectivity index (χ1n) is 10.6. The second kappa shape index (κ2) is 6.18. The molecule has 3 N–H and O–H groups in total. The molecule has 144 valence electrons. The number of likely N-dealkylation sites (tertiary alicyclic amines) is 1. The van der Waals surface area contributed by atoms with E-state index in [0.29, 0.717) is 11.8 Å². The number of benzene rings is 1. The first kappa shape index (κ1) is 17.4. The van der Waals surface area contributed by atoms with Crippen molar-refractivity contribution >= 4 is 16.7 Å². The first-order valence-corrected chi connectivity index (χ1v) is 10.6. The molecule has 2 heterocycles. The number of aromatic nitrogens is 1. The number of nitrogens with one attached hydrogen (secondary N) is 1. The SMILES string of the molecule is CN1CCCC1c1cc2ccc(C34CCC(C(=O)CN)(CC3)CC4)cc2[nH]1. The minimum atomic E-state index is -0.104. The molecule has 1 atom stereocenters. The first-order chi connectivity index (χ1) is 13.1. The van der Waals surface area contributed by atoms with Gasteiger partial charge in [0.2, 0.25) is 0 Å². The van der Waals surface area contributed by atoms with E-state index in [1.807, 2.05) is 0 Å². The predicted octanol–water partition coefficient (Wildman–Crippen LogP) is 4.05. The van der Waals surface area contributed by atoms with Crippen molar-refractivity contribution in [3.05, 3.63) is 35.5 Å². The van der Waals surface area contributed by atoms with Crippen molar-refractivity contribution in [2.24, 2.45) is 11.1 Å². The Morgan fingerprint density at radius 1 is 1.19 bits per heavy atom. The number of hydrogen-bond acceptors (Lipinski definition) is 3. The van der Waals surface area contributed by atoms with E-state index in [-0.39, 0.29) is 17.4 Å². The molecule has 0 spiro atoms. The van der Waals surface area contributed by atoms with Gasteiger partial charge in [-0.1, -0.05) is 12.1 Å². The summed E-state index contributed by atoms with van der Waals surface area (Å²) in [6, 6.07) is 9.93. The predicted molar refractivity (Wildman–Crippen MR) is 109 cm³/mol. The second-order valence-electron chi connectivity index (χ2n) is 9.35. The third-order valence-corrected chi connectivity index (χ3v) is 8.16. The molecule has 2 aromatic rings. The number of fused-ring (bicyclic) bond motifs is 4. The highest BCUT2D eigenvalue weighted by Gasteiger charge is 2.52. The molecule has 3 aliphatic carbocycles. The van der Waals surface area contributed by atoms with Crippen molar-refractivity contribution < 1.29 is 4.79 Å². The van der Waals surface area contributed by atoms with Crippen LogP contribution >= 0.6 is 0 Å². The van der Waals surface area contributed by atoms with E-state index < -0.39 is 0 Å². The van der Waals surface area contributed by atoms with Crippen LogP contribution in [0.15, 0.2) is 24.3 Å². The monoisotopic (exact) mass is 365 g/mol. The Bertz CT molecular complexity index is 858. The van der Waals surface area contributed by atoms with Gasteiger partial charge in [0.25, 0.3) is 0 Å². The van der Waals surface area contributed by atoms with Crippen LogP contribution in [0.4, 0.5) is 0 Å². The highest BCUT2D eigenvalue weighted by Crippen LogP contribution is 2.58. The van der Waals surface area contributed by atoms with Gasteiger partial charge in [0.15, 0.2) is 5.78 Å². The van der Waals surface area contributed by atoms with Crippen LogP contribution in [0, 0.1) is 5.41 Å². The quantitative estimate of drug-likeness (QED) is 0.859. The summed E-state index contributed by atoms with van der Waals surface area (Å²) in [6.07, 6.45) is 8.97. The summed E-state index contributed by atoms with van der Waals surface area (Å²) in [5.41, 5.74) is 9.96. The zero-order valence-electron chi connectivity index (χ0n) is 16.4. The molecule has 0 amide bonds. The van der Waals surface area contributed by atoms with Crippen molar-refractivity contribution in [1.29, 1.82) is 0 Å². The summed E-state index contributed by atoms with van der Waals surface area (Å²) in [5.74, 6) is 0.293. The fraction of sp³-hybridized carbons (Fsp3) is 0.609. The van der Waals surface area contributed by atoms with E-state index in [1.54, 1.807) is 0 Å². The topological polar surface area (TPSA) is 62.1 Å². The van der Waals surface area contributed by atoms with Crippen molar-refractivity contribution in [1.82, 2.24) is 9.88 Å². The summed E-state index contributed by atoms with van der Waals surface area (Å²) >= 11 is 0. The molecule has 1 aliphatic heterocycles. The van der Waals surface area contributed by atoms with E-state index in [9.17, 15) is 4.79 Å². The van der Waals surface area contributed by atoms with Gasteiger partial charge in [-0.3, -0.25) is 9.69 Å². The molecule has 4 fully saturated rings. The van der Waals surface area contributed by atoms with E-state index in [0.717, 1.165) is 38.5 Å². The molecule has 1 saturated heterocycles. The Kier molecular flexibility index (Phi) is 3.99. The molecular formula is C23H31N3O. The molecular weight excluding hydrogens is 334 g/mol. The lowest BCUT2D eigenvalue weighted by Gasteiger charge is -2.53. The summed E-state index contributed by atoms with van der Waals surface area (Å²) in [4.78, 5) is 18.6. The van der Waals surface area contributed by atoms with Crippen LogP contribution in [0.3, 0.4) is 0 Å². The average Bonchev–Trinajstić information content (AvgIpc) is 3.33. The molecule has 4 heteroatoms. The minimum absolute atomic E-state index is 0.104. The van der Waals surface area contributed by atoms with Crippen molar-refractivity contribution in [3.8, 4) is 0 Å². The van der Waals surface area contributed by atoms with Crippen LogP contribution in [0.1, 0.15) is 68.7 Å². The Morgan fingerprint density at radius 3 is 2.56 bits per heavy atom. The van der Waals surface area contributed by atoms with Gasteiger partial charge in [-0.15, -0.1) is 0 Å². The van der Waals surface area contributed by atoms with E-state index >= 15 is 0 Å². The Morgan fingerprint density at radius 2 is 1.93 bits per heavy atom. The Labute approximate surface area is 161 Å². The largest absolute Gasteiger partial charge is 0.357 e. The van der Waals surface area contributed by atoms with Crippen molar-refractivity contribution in [2.75, 3.05) is 20.1 Å². The van der Waals surface area contributed by atoms with Crippen LogP contribution in [0.5, 0.6) is 0 Å². The highest BCUT2D eigenvalue weighted by molar-refractivity contribution is 5.87. The molecule has 2 bridgehead atoms. The normalized spacial score (nSPS) is 33.8. The van der Waals surface area contributed by atoms with Gasteiger partial charge in [0.05, 0.1) is 6.54 Å². The lowest BCUT2D eigenvalue weighted by atomic mass is 9.51.